The van der Waals surface area contributed by atoms with Crippen LogP contribution >= 0.6 is 0 Å². The van der Waals surface area contributed by atoms with Crippen molar-refractivity contribution >= 4 is 28.5 Å². The Balaban J connectivity index is 0.000000493. The lowest BCUT2D eigenvalue weighted by atomic mass is 10.0. The van der Waals surface area contributed by atoms with E-state index in [1.807, 2.05) is 6.07 Å². The highest BCUT2D eigenvalue weighted by Gasteiger charge is 2.38. The average molecular weight is 576 g/mol. The Morgan fingerprint density at radius 1 is 1.24 bits per heavy atom. The van der Waals surface area contributed by atoms with Gasteiger partial charge in [0.05, 0.1) is 34.0 Å². The van der Waals surface area contributed by atoms with Gasteiger partial charge < -0.3 is 15.7 Å². The lowest BCUT2D eigenvalue weighted by Crippen LogP contribution is -2.29. The molecule has 0 aliphatic carbocycles. The number of nitriles is 1. The number of carboxylic acids is 1. The second-order valence-electron chi connectivity index (χ2n) is 8.97. The van der Waals surface area contributed by atoms with E-state index >= 15 is 0 Å². The van der Waals surface area contributed by atoms with Crippen LogP contribution in [0.4, 0.5) is 27.6 Å². The molecule has 0 unspecified atom stereocenters. The maximum atomic E-state index is 14.9. The smallest absolute Gasteiger partial charge is 0.475 e. The molecule has 4 aromatic rings. The molecule has 41 heavy (non-hydrogen) atoms. The molecule has 0 saturated carbocycles. The number of rotatable bonds is 5. The predicted molar refractivity (Wildman–Crippen MR) is 135 cm³/mol. The van der Waals surface area contributed by atoms with Crippen molar-refractivity contribution in [1.82, 2.24) is 30.0 Å². The number of nitrogens with one attached hydrogen (secondary N) is 3. The number of hydrogen-bond acceptors (Lipinski definition) is 8. The fraction of sp³-hybridized carbons (Fsp3) is 0.280. The molecule has 4 heterocycles. The topological polar surface area (TPSA) is 162 Å². The van der Waals surface area contributed by atoms with Gasteiger partial charge in [-0.3, -0.25) is 14.5 Å². The minimum absolute atomic E-state index is 0.120. The highest BCUT2D eigenvalue weighted by molar-refractivity contribution is 6.00. The second kappa shape index (κ2) is 11.3. The lowest BCUT2D eigenvalue weighted by Gasteiger charge is -2.16. The van der Waals surface area contributed by atoms with Crippen LogP contribution in [0.5, 0.6) is 0 Å². The summed E-state index contributed by atoms with van der Waals surface area (Å²) >= 11 is 0. The van der Waals surface area contributed by atoms with Gasteiger partial charge >= 0.3 is 12.1 Å². The van der Waals surface area contributed by atoms with Crippen LogP contribution in [-0.2, 0) is 4.79 Å². The van der Waals surface area contributed by atoms with E-state index in [1.54, 1.807) is 23.6 Å². The highest BCUT2D eigenvalue weighted by Crippen LogP contribution is 2.30. The third-order valence-electron chi connectivity index (χ3n) is 6.16. The normalized spacial score (nSPS) is 16.6. The Morgan fingerprint density at radius 2 is 1.95 bits per heavy atom. The molecule has 0 amide bonds. The fourth-order valence-electron chi connectivity index (χ4n) is 4.17. The van der Waals surface area contributed by atoms with Gasteiger partial charge in [0.1, 0.15) is 30.2 Å². The molecule has 214 valence electrons. The number of nitrogens with zero attached hydrogens (tertiary/aromatic N) is 5. The van der Waals surface area contributed by atoms with Crippen molar-refractivity contribution < 1.29 is 36.6 Å². The Hall–Kier alpha value is -4.91. The number of pyridine rings is 1. The number of ketones is 1. The summed E-state index contributed by atoms with van der Waals surface area (Å²) in [5.74, 6) is -3.14. The van der Waals surface area contributed by atoms with Gasteiger partial charge in [0.25, 0.3) is 0 Å². The van der Waals surface area contributed by atoms with E-state index in [9.17, 15) is 32.0 Å². The molecule has 1 aliphatic heterocycles. The van der Waals surface area contributed by atoms with E-state index in [0.29, 0.717) is 45.9 Å². The number of aryl methyl sites for hydroxylation is 1. The number of H-pyrrole nitrogens is 1. The number of benzene rings is 1. The van der Waals surface area contributed by atoms with E-state index < -0.39 is 30.2 Å². The van der Waals surface area contributed by atoms with Crippen molar-refractivity contribution in [1.29, 1.82) is 5.26 Å². The Bertz CT molecular complexity index is 1670. The van der Waals surface area contributed by atoms with Gasteiger partial charge in [-0.1, -0.05) is 0 Å². The minimum Gasteiger partial charge on any atom is -0.475 e. The molecule has 16 heteroatoms. The number of halogens is 5. The van der Waals surface area contributed by atoms with Crippen molar-refractivity contribution in [3.63, 3.8) is 0 Å². The maximum absolute atomic E-state index is 14.9. The first-order chi connectivity index (χ1) is 19.3. The summed E-state index contributed by atoms with van der Waals surface area (Å²) in [6.45, 7) is 3.78. The zero-order chi connectivity index (χ0) is 30.1. The summed E-state index contributed by atoms with van der Waals surface area (Å²) < 4.78 is 62.2. The molecule has 1 fully saturated rings. The van der Waals surface area contributed by atoms with Crippen LogP contribution < -0.4 is 10.6 Å². The van der Waals surface area contributed by atoms with Gasteiger partial charge in [-0.15, -0.1) is 0 Å². The lowest BCUT2D eigenvalue weighted by molar-refractivity contribution is -0.192. The average Bonchev–Trinajstić information content (AvgIpc) is 3.61. The number of carboxylic acid groups (broad SMARTS) is 1. The van der Waals surface area contributed by atoms with E-state index in [0.717, 1.165) is 0 Å². The third kappa shape index (κ3) is 5.99. The Kier molecular flexibility index (Phi) is 8.01. The number of carbonyl (C=O) groups excluding carboxylic acids is 1. The van der Waals surface area contributed by atoms with E-state index in [4.69, 9.17) is 9.90 Å². The maximum Gasteiger partial charge on any atom is 0.490 e. The van der Waals surface area contributed by atoms with Crippen LogP contribution in [0.15, 0.2) is 30.6 Å². The molecular weight excluding hydrogens is 555 g/mol. The van der Waals surface area contributed by atoms with Gasteiger partial charge in [-0.2, -0.15) is 23.5 Å². The molecule has 0 spiro atoms. The van der Waals surface area contributed by atoms with Crippen LogP contribution in [0.25, 0.3) is 28.1 Å². The summed E-state index contributed by atoms with van der Waals surface area (Å²) in [4.78, 5) is 30.2. The SMILES string of the molecule is CC(=O)c1ccc(-n2cnc3cc(N[C@H]4CNC[C@H]4F)c(F)cc32)nc1-c1c(C#N)n[nH]c1C.O=C(O)C(F)(F)F. The number of fused-ring (bicyclic) bond motifs is 1. The number of hydrogen-bond donors (Lipinski definition) is 4. The van der Waals surface area contributed by atoms with Crippen molar-refractivity contribution in [2.45, 2.75) is 32.2 Å². The van der Waals surface area contributed by atoms with Gasteiger partial charge in [-0.25, -0.2) is 23.5 Å². The quantitative estimate of drug-likeness (QED) is 0.205. The molecule has 1 aliphatic rings. The number of carbonyl (C=O) groups is 2. The number of imidazole rings is 1. The summed E-state index contributed by atoms with van der Waals surface area (Å²) in [5, 5.41) is 29.1. The van der Waals surface area contributed by atoms with Crippen LogP contribution in [0, 0.1) is 24.1 Å². The number of aromatic nitrogens is 5. The van der Waals surface area contributed by atoms with Gasteiger partial charge in [-0.05, 0) is 32.0 Å². The first kappa shape index (κ1) is 29.1. The number of anilines is 1. The summed E-state index contributed by atoms with van der Waals surface area (Å²) in [5.41, 5.74) is 2.88. The van der Waals surface area contributed by atoms with Crippen molar-refractivity contribution in [2.24, 2.45) is 0 Å². The molecule has 0 radical (unpaired) electrons. The Labute approximate surface area is 228 Å². The number of alkyl halides is 4. The third-order valence-corrected chi connectivity index (χ3v) is 6.16. The highest BCUT2D eigenvalue weighted by atomic mass is 19.4. The zero-order valence-electron chi connectivity index (χ0n) is 21.3. The van der Waals surface area contributed by atoms with Crippen LogP contribution in [0.2, 0.25) is 0 Å². The minimum atomic E-state index is -5.08. The van der Waals surface area contributed by atoms with E-state index in [2.05, 4.69) is 30.8 Å². The van der Waals surface area contributed by atoms with E-state index in [-0.39, 0.29) is 23.7 Å². The van der Waals surface area contributed by atoms with E-state index in [1.165, 1.54) is 25.4 Å². The van der Waals surface area contributed by atoms with Crippen LogP contribution in [0.3, 0.4) is 0 Å². The first-order valence-electron chi connectivity index (χ1n) is 11.9. The predicted octanol–water partition coefficient (Wildman–Crippen LogP) is 3.69. The molecular formula is C25H21F5N8O3. The summed E-state index contributed by atoms with van der Waals surface area (Å²) in [6.07, 6.45) is -4.70. The zero-order valence-corrected chi connectivity index (χ0v) is 21.3. The number of Topliss-reactive ketones (excluding diaryl/α,β-unsaturated/α-hetero) is 1. The monoisotopic (exact) mass is 576 g/mol. The largest absolute Gasteiger partial charge is 0.490 e. The van der Waals surface area contributed by atoms with Gasteiger partial charge in [0.2, 0.25) is 0 Å². The van der Waals surface area contributed by atoms with Gasteiger partial charge in [0.15, 0.2) is 11.5 Å². The molecule has 2 atom stereocenters. The molecule has 5 rings (SSSR count). The molecule has 1 aromatic carbocycles. The standard InChI is InChI=1S/C23H20F2N8O.C2HF3O2/c1-11-22(18(7-26)32-31-11)23-13(12(2)34)3-4-21(30-23)33-10-28-17-6-16(14(24)5-20(17)33)29-19-9-27-8-15(19)25;3-2(4,5)1(6)7/h3-6,10,15,19,27,29H,8-9H2,1-2H3,(H,31,32);(H,6,7)/t15-,19+;/m1./s1. The fourth-order valence-corrected chi connectivity index (χ4v) is 4.17. The van der Waals surface area contributed by atoms with Gasteiger partial charge in [0, 0.05) is 30.4 Å². The Morgan fingerprint density at radius 3 is 2.54 bits per heavy atom. The molecule has 4 N–H and O–H groups in total. The molecule has 3 aromatic heterocycles. The summed E-state index contributed by atoms with van der Waals surface area (Å²) in [6, 6.07) is 7.57. The molecule has 1 saturated heterocycles. The van der Waals surface area contributed by atoms with Crippen molar-refractivity contribution in [3.05, 3.63) is 53.4 Å². The number of aromatic amines is 1. The molecule has 11 nitrogen and oxygen atoms in total. The molecule has 0 bridgehead atoms. The van der Waals surface area contributed by atoms with Crippen molar-refractivity contribution in [2.75, 3.05) is 18.4 Å². The van der Waals surface area contributed by atoms with Crippen molar-refractivity contribution in [3.8, 4) is 23.1 Å². The van der Waals surface area contributed by atoms with Crippen LogP contribution in [0.1, 0.15) is 28.7 Å². The number of aliphatic carboxylic acids is 1. The first-order valence-corrected chi connectivity index (χ1v) is 11.9. The second-order valence-corrected chi connectivity index (χ2v) is 8.97. The van der Waals surface area contributed by atoms with Crippen LogP contribution in [-0.4, -0.2) is 73.1 Å². The summed E-state index contributed by atoms with van der Waals surface area (Å²) in [7, 11) is 0.